The minimum absolute atomic E-state index is 0.0994. The van der Waals surface area contributed by atoms with Crippen molar-refractivity contribution < 1.29 is 9.00 Å². The van der Waals surface area contributed by atoms with Crippen LogP contribution in [0.3, 0.4) is 0 Å². The van der Waals surface area contributed by atoms with E-state index >= 15 is 0 Å². The van der Waals surface area contributed by atoms with Crippen LogP contribution in [0.4, 0.5) is 0 Å². The Morgan fingerprint density at radius 3 is 2.64 bits per heavy atom. The first-order valence-electron chi connectivity index (χ1n) is 4.89. The van der Waals surface area contributed by atoms with Crippen molar-refractivity contribution in [1.29, 1.82) is 0 Å². The zero-order valence-corrected chi connectivity index (χ0v) is 9.47. The van der Waals surface area contributed by atoms with Crippen molar-refractivity contribution in [1.82, 2.24) is 5.32 Å². The van der Waals surface area contributed by atoms with Crippen LogP contribution in [0.5, 0.6) is 0 Å². The molecule has 1 amide bonds. The third-order valence-electron chi connectivity index (χ3n) is 2.94. The van der Waals surface area contributed by atoms with Crippen molar-refractivity contribution in [2.75, 3.05) is 12.8 Å². The summed E-state index contributed by atoms with van der Waals surface area (Å²) >= 11 is 0. The Hall–Kier alpha value is -0.420. The standard InChI is InChI=1S/C9H18N2O2S/c1-6-7(10)3-4-8(6)14(13)5-9(12)11-2/h6-8H,3-5,10H2,1-2H3,(H,11,12). The number of hydrogen-bond donors (Lipinski definition) is 2. The Morgan fingerprint density at radius 1 is 1.57 bits per heavy atom. The second-order valence-corrected chi connectivity index (χ2v) is 5.49. The average molecular weight is 218 g/mol. The van der Waals surface area contributed by atoms with Gasteiger partial charge in [-0.05, 0) is 18.8 Å². The van der Waals surface area contributed by atoms with Crippen LogP contribution in [0.15, 0.2) is 0 Å². The van der Waals surface area contributed by atoms with E-state index in [0.717, 1.165) is 12.8 Å². The third kappa shape index (κ3) is 2.54. The minimum Gasteiger partial charge on any atom is -0.358 e. The van der Waals surface area contributed by atoms with Gasteiger partial charge in [0, 0.05) is 29.1 Å². The molecule has 1 rings (SSSR count). The quantitative estimate of drug-likeness (QED) is 0.677. The maximum atomic E-state index is 11.8. The molecule has 5 heteroatoms. The van der Waals surface area contributed by atoms with E-state index < -0.39 is 10.8 Å². The molecule has 4 nitrogen and oxygen atoms in total. The van der Waals surface area contributed by atoms with Crippen LogP contribution in [0.2, 0.25) is 0 Å². The van der Waals surface area contributed by atoms with Crippen molar-refractivity contribution >= 4 is 16.7 Å². The van der Waals surface area contributed by atoms with Crippen LogP contribution in [0, 0.1) is 5.92 Å². The molecule has 4 unspecified atom stereocenters. The van der Waals surface area contributed by atoms with E-state index in [-0.39, 0.29) is 28.9 Å². The highest BCUT2D eigenvalue weighted by Crippen LogP contribution is 2.28. The Morgan fingerprint density at radius 2 is 2.21 bits per heavy atom. The first kappa shape index (κ1) is 11.7. The number of amides is 1. The van der Waals surface area contributed by atoms with Crippen LogP contribution in [-0.2, 0) is 15.6 Å². The number of carbonyl (C=O) groups is 1. The molecule has 1 saturated carbocycles. The lowest BCUT2D eigenvalue weighted by Gasteiger charge is -2.16. The summed E-state index contributed by atoms with van der Waals surface area (Å²) in [5.41, 5.74) is 5.83. The van der Waals surface area contributed by atoms with Gasteiger partial charge in [-0.3, -0.25) is 9.00 Å². The number of nitrogens with two attached hydrogens (primary N) is 1. The Kier molecular flexibility index (Phi) is 4.07. The van der Waals surface area contributed by atoms with Gasteiger partial charge in [-0.2, -0.15) is 0 Å². The zero-order chi connectivity index (χ0) is 10.7. The molecule has 0 saturated heterocycles. The maximum Gasteiger partial charge on any atom is 0.232 e. The molecular formula is C9H18N2O2S. The van der Waals surface area contributed by atoms with Crippen LogP contribution in [0.1, 0.15) is 19.8 Å². The maximum absolute atomic E-state index is 11.8. The summed E-state index contributed by atoms with van der Waals surface area (Å²) in [5, 5.41) is 2.58. The molecular weight excluding hydrogens is 200 g/mol. The van der Waals surface area contributed by atoms with Gasteiger partial charge in [0.15, 0.2) is 0 Å². The largest absolute Gasteiger partial charge is 0.358 e. The van der Waals surface area contributed by atoms with E-state index in [0.29, 0.717) is 0 Å². The summed E-state index contributed by atoms with van der Waals surface area (Å²) in [5.74, 6) is 0.217. The highest BCUT2D eigenvalue weighted by atomic mass is 32.2. The summed E-state index contributed by atoms with van der Waals surface area (Å²) in [6.07, 6.45) is 1.80. The van der Waals surface area contributed by atoms with Gasteiger partial charge in [0.2, 0.25) is 5.91 Å². The summed E-state index contributed by atoms with van der Waals surface area (Å²) in [6, 6.07) is 0.147. The van der Waals surface area contributed by atoms with E-state index in [2.05, 4.69) is 5.32 Å². The summed E-state index contributed by atoms with van der Waals surface area (Å²) in [4.78, 5) is 11.0. The smallest absolute Gasteiger partial charge is 0.232 e. The van der Waals surface area contributed by atoms with Gasteiger partial charge in [0.05, 0.1) is 0 Å². The van der Waals surface area contributed by atoms with Crippen LogP contribution in [0.25, 0.3) is 0 Å². The molecule has 0 radical (unpaired) electrons. The SMILES string of the molecule is CNC(=O)CS(=O)C1CCC(N)C1C. The van der Waals surface area contributed by atoms with Crippen LogP contribution < -0.4 is 11.1 Å². The Balaban J connectivity index is 2.49. The average Bonchev–Trinajstić information content (AvgIpc) is 2.47. The predicted octanol–water partition coefficient (Wildman–Crippen LogP) is -0.393. The third-order valence-corrected chi connectivity index (χ3v) is 4.82. The van der Waals surface area contributed by atoms with Gasteiger partial charge in [-0.15, -0.1) is 0 Å². The van der Waals surface area contributed by atoms with Gasteiger partial charge < -0.3 is 11.1 Å². The summed E-state index contributed by atoms with van der Waals surface area (Å²) < 4.78 is 11.8. The fraction of sp³-hybridized carbons (Fsp3) is 0.889. The van der Waals surface area contributed by atoms with E-state index in [4.69, 9.17) is 5.73 Å². The fourth-order valence-electron chi connectivity index (χ4n) is 1.84. The molecule has 82 valence electrons. The van der Waals surface area contributed by atoms with Crippen molar-refractivity contribution in [3.8, 4) is 0 Å². The topological polar surface area (TPSA) is 72.2 Å². The summed E-state index contributed by atoms with van der Waals surface area (Å²) in [6.45, 7) is 2.02. The number of hydrogen-bond acceptors (Lipinski definition) is 3. The van der Waals surface area contributed by atoms with E-state index in [9.17, 15) is 9.00 Å². The van der Waals surface area contributed by atoms with E-state index in [1.54, 1.807) is 7.05 Å². The van der Waals surface area contributed by atoms with Crippen molar-refractivity contribution in [2.45, 2.75) is 31.1 Å². The van der Waals surface area contributed by atoms with Crippen LogP contribution in [-0.4, -0.2) is 34.2 Å². The second-order valence-electron chi connectivity index (χ2n) is 3.84. The predicted molar refractivity (Wildman–Crippen MR) is 57.2 cm³/mol. The molecule has 0 spiro atoms. The minimum atomic E-state index is -1.07. The number of carbonyl (C=O) groups excluding carboxylic acids is 1. The molecule has 0 heterocycles. The van der Waals surface area contributed by atoms with Crippen molar-refractivity contribution in [3.05, 3.63) is 0 Å². The molecule has 0 aliphatic heterocycles. The molecule has 1 aliphatic carbocycles. The molecule has 4 atom stereocenters. The highest BCUT2D eigenvalue weighted by Gasteiger charge is 2.34. The number of nitrogens with one attached hydrogen (secondary N) is 1. The molecule has 0 aromatic carbocycles. The fourth-order valence-corrected chi connectivity index (χ4v) is 3.53. The molecule has 14 heavy (non-hydrogen) atoms. The molecule has 3 N–H and O–H groups in total. The van der Waals surface area contributed by atoms with E-state index in [1.807, 2.05) is 6.92 Å². The van der Waals surface area contributed by atoms with Gasteiger partial charge in [-0.1, -0.05) is 6.92 Å². The van der Waals surface area contributed by atoms with Crippen molar-refractivity contribution in [3.63, 3.8) is 0 Å². The molecule has 0 aromatic heterocycles. The normalized spacial score (nSPS) is 34.1. The van der Waals surface area contributed by atoms with Gasteiger partial charge in [0.1, 0.15) is 5.75 Å². The zero-order valence-electron chi connectivity index (χ0n) is 8.66. The lowest BCUT2D eigenvalue weighted by Crippen LogP contribution is -2.34. The first-order valence-corrected chi connectivity index (χ1v) is 6.27. The molecule has 0 bridgehead atoms. The molecule has 0 aromatic rings. The number of rotatable bonds is 3. The second kappa shape index (κ2) is 4.89. The monoisotopic (exact) mass is 218 g/mol. The van der Waals surface area contributed by atoms with Crippen LogP contribution >= 0.6 is 0 Å². The summed E-state index contributed by atoms with van der Waals surface area (Å²) in [7, 11) is 0.491. The lowest BCUT2D eigenvalue weighted by atomic mass is 10.1. The molecule has 1 aliphatic rings. The van der Waals surface area contributed by atoms with Crippen molar-refractivity contribution in [2.24, 2.45) is 11.7 Å². The van der Waals surface area contributed by atoms with Gasteiger partial charge in [-0.25, -0.2) is 0 Å². The van der Waals surface area contributed by atoms with E-state index in [1.165, 1.54) is 0 Å². The molecule has 1 fully saturated rings. The highest BCUT2D eigenvalue weighted by molar-refractivity contribution is 7.86. The Bertz CT molecular complexity index is 245. The van der Waals surface area contributed by atoms with Gasteiger partial charge in [0.25, 0.3) is 0 Å². The lowest BCUT2D eigenvalue weighted by molar-refractivity contribution is -0.118. The Labute approximate surface area is 87.1 Å². The van der Waals surface area contributed by atoms with Gasteiger partial charge >= 0.3 is 0 Å². The first-order chi connectivity index (χ1) is 6.56.